The maximum atomic E-state index is 14.0. The molecule has 5 rings (SSSR count). The average molecular weight is 533 g/mol. The molecule has 0 radical (unpaired) electrons. The normalized spacial score (nSPS) is 17.4. The van der Waals surface area contributed by atoms with Crippen LogP contribution in [0.4, 0.5) is 15.2 Å². The predicted molar refractivity (Wildman–Crippen MR) is 144 cm³/mol. The summed E-state index contributed by atoms with van der Waals surface area (Å²) in [5.41, 5.74) is 6.83. The van der Waals surface area contributed by atoms with Crippen LogP contribution < -0.4 is 10.6 Å². The monoisotopic (exact) mass is 532 g/mol. The summed E-state index contributed by atoms with van der Waals surface area (Å²) in [6.45, 7) is 5.72. The molecule has 194 valence electrons. The number of anilines is 2. The van der Waals surface area contributed by atoms with E-state index < -0.39 is 17.1 Å². The topological polar surface area (TPSA) is 108 Å². The molecule has 1 saturated heterocycles. The lowest BCUT2D eigenvalue weighted by Gasteiger charge is -2.42. The molecule has 1 aliphatic heterocycles. The maximum Gasteiger partial charge on any atom is 0.245 e. The van der Waals surface area contributed by atoms with Gasteiger partial charge in [0.1, 0.15) is 11.9 Å². The number of amides is 1. The van der Waals surface area contributed by atoms with E-state index in [0.29, 0.717) is 35.7 Å². The molecule has 11 heteroatoms. The first-order valence-corrected chi connectivity index (χ1v) is 13.4. The minimum absolute atomic E-state index is 0. The molecule has 3 atom stereocenters. The van der Waals surface area contributed by atoms with E-state index in [-0.39, 0.29) is 25.5 Å². The van der Waals surface area contributed by atoms with Gasteiger partial charge in [0.2, 0.25) is 5.91 Å². The number of halogens is 1. The highest BCUT2D eigenvalue weighted by molar-refractivity contribution is 7.79. The molecule has 0 bridgehead atoms. The third-order valence-electron chi connectivity index (χ3n) is 6.24. The Bertz CT molecular complexity index is 1360. The van der Waals surface area contributed by atoms with Crippen LogP contribution in [-0.4, -0.2) is 54.8 Å². The van der Waals surface area contributed by atoms with Crippen molar-refractivity contribution in [2.75, 3.05) is 30.3 Å². The number of thiazole rings is 1. The van der Waals surface area contributed by atoms with Gasteiger partial charge in [0.05, 0.1) is 5.52 Å². The summed E-state index contributed by atoms with van der Waals surface area (Å²) in [4.78, 5) is 21.2. The summed E-state index contributed by atoms with van der Waals surface area (Å²) in [5.74, 6) is -0.291. The van der Waals surface area contributed by atoms with Crippen molar-refractivity contribution in [3.63, 3.8) is 0 Å². The Balaban J connectivity index is 0.000000561. The molecule has 0 saturated carbocycles. The van der Waals surface area contributed by atoms with Crippen LogP contribution in [0.2, 0.25) is 0 Å². The lowest BCUT2D eigenvalue weighted by atomic mass is 10.1. The second kappa shape index (κ2) is 11.2. The van der Waals surface area contributed by atoms with Crippen LogP contribution in [-0.2, 0) is 15.9 Å². The SMILES string of the molecule is C[C@H]1CN(c2ccc(S(=O)[O-])cc2)CCN1C(=O)[C@H](C)n1ccc2c(F)cccc21.Nc1nccs1.[HH].[HH]. The van der Waals surface area contributed by atoms with Gasteiger partial charge in [-0.25, -0.2) is 9.37 Å². The largest absolute Gasteiger partial charge is 0.768 e. The maximum absolute atomic E-state index is 14.0. The van der Waals surface area contributed by atoms with E-state index in [4.69, 9.17) is 5.73 Å². The van der Waals surface area contributed by atoms with E-state index in [1.54, 1.807) is 48.8 Å². The van der Waals surface area contributed by atoms with E-state index >= 15 is 0 Å². The van der Waals surface area contributed by atoms with Crippen LogP contribution in [0.5, 0.6) is 0 Å². The highest BCUT2D eigenvalue weighted by atomic mass is 32.2. The Labute approximate surface area is 218 Å². The van der Waals surface area contributed by atoms with Gasteiger partial charge >= 0.3 is 0 Å². The van der Waals surface area contributed by atoms with Crippen molar-refractivity contribution in [2.45, 2.75) is 30.8 Å². The van der Waals surface area contributed by atoms with Gasteiger partial charge in [-0.2, -0.15) is 0 Å². The van der Waals surface area contributed by atoms with E-state index in [1.165, 1.54) is 17.4 Å². The molecular formula is C25H31FN5O3S2-. The van der Waals surface area contributed by atoms with E-state index in [0.717, 1.165) is 5.69 Å². The summed E-state index contributed by atoms with van der Waals surface area (Å²) >= 11 is -0.796. The first-order chi connectivity index (χ1) is 17.3. The van der Waals surface area contributed by atoms with E-state index in [2.05, 4.69) is 9.88 Å². The fourth-order valence-electron chi connectivity index (χ4n) is 4.37. The number of fused-ring (bicyclic) bond motifs is 1. The zero-order valence-corrected chi connectivity index (χ0v) is 21.5. The Morgan fingerprint density at radius 1 is 1.25 bits per heavy atom. The smallest absolute Gasteiger partial charge is 0.245 e. The summed E-state index contributed by atoms with van der Waals surface area (Å²) < 4.78 is 37.9. The van der Waals surface area contributed by atoms with Gasteiger partial charge in [0.25, 0.3) is 0 Å². The minimum atomic E-state index is -2.24. The molecular weight excluding hydrogens is 501 g/mol. The highest BCUT2D eigenvalue weighted by Crippen LogP contribution is 2.26. The van der Waals surface area contributed by atoms with Crippen LogP contribution >= 0.6 is 11.3 Å². The average Bonchev–Trinajstić information content (AvgIpc) is 3.53. The van der Waals surface area contributed by atoms with Gasteiger partial charge < -0.3 is 24.7 Å². The Morgan fingerprint density at radius 3 is 2.58 bits per heavy atom. The molecule has 0 spiro atoms. The van der Waals surface area contributed by atoms with Gasteiger partial charge in [0.15, 0.2) is 5.13 Å². The zero-order valence-electron chi connectivity index (χ0n) is 19.9. The second-order valence-electron chi connectivity index (χ2n) is 8.50. The molecule has 3 heterocycles. The van der Waals surface area contributed by atoms with Crippen molar-refractivity contribution >= 4 is 50.0 Å². The number of aromatic nitrogens is 2. The van der Waals surface area contributed by atoms with Gasteiger partial charge in [-0.15, -0.1) is 11.3 Å². The molecule has 1 amide bonds. The molecule has 8 nitrogen and oxygen atoms in total. The molecule has 2 aromatic heterocycles. The van der Waals surface area contributed by atoms with Crippen LogP contribution in [0.1, 0.15) is 22.7 Å². The number of nitrogens with two attached hydrogens (primary N) is 1. The number of piperazine rings is 1. The van der Waals surface area contributed by atoms with E-state index in [1.807, 2.05) is 34.8 Å². The number of hydrogen-bond donors (Lipinski definition) is 1. The molecule has 0 aliphatic carbocycles. The Morgan fingerprint density at radius 2 is 2.00 bits per heavy atom. The van der Waals surface area contributed by atoms with Crippen LogP contribution in [0.25, 0.3) is 10.9 Å². The molecule has 1 unspecified atom stereocenters. The number of nitrogens with zero attached hydrogens (tertiary/aromatic N) is 4. The fraction of sp³-hybridized carbons (Fsp3) is 0.280. The minimum Gasteiger partial charge on any atom is -0.768 e. The number of benzene rings is 2. The van der Waals surface area contributed by atoms with Crippen molar-refractivity contribution < 1.29 is 20.8 Å². The third-order valence-corrected chi connectivity index (χ3v) is 7.50. The quantitative estimate of drug-likeness (QED) is 0.387. The Kier molecular flexibility index (Phi) is 8.02. The van der Waals surface area contributed by atoms with Crippen LogP contribution in [0, 0.1) is 5.82 Å². The van der Waals surface area contributed by atoms with Gasteiger partial charge in [-0.3, -0.25) is 9.00 Å². The molecule has 2 N–H and O–H groups in total. The molecule has 2 aromatic carbocycles. The number of hydrogen-bond acceptors (Lipinski definition) is 7. The van der Waals surface area contributed by atoms with Crippen molar-refractivity contribution in [3.8, 4) is 0 Å². The van der Waals surface area contributed by atoms with Crippen molar-refractivity contribution in [1.82, 2.24) is 14.5 Å². The molecule has 36 heavy (non-hydrogen) atoms. The lowest BCUT2D eigenvalue weighted by Crippen LogP contribution is -2.55. The summed E-state index contributed by atoms with van der Waals surface area (Å²) in [6, 6.07) is 12.9. The predicted octanol–water partition coefficient (Wildman–Crippen LogP) is 4.53. The van der Waals surface area contributed by atoms with Crippen LogP contribution in [0.3, 0.4) is 0 Å². The highest BCUT2D eigenvalue weighted by Gasteiger charge is 2.31. The third kappa shape index (κ3) is 5.58. The van der Waals surface area contributed by atoms with Crippen molar-refractivity contribution in [3.05, 3.63) is 72.1 Å². The van der Waals surface area contributed by atoms with Gasteiger partial charge in [0, 0.05) is 62.3 Å². The summed E-state index contributed by atoms with van der Waals surface area (Å²) in [7, 11) is 0. The van der Waals surface area contributed by atoms with Gasteiger partial charge in [-0.05, 0) is 67.4 Å². The number of nitrogen functional groups attached to an aromatic ring is 1. The van der Waals surface area contributed by atoms with Crippen molar-refractivity contribution in [2.24, 2.45) is 0 Å². The fourth-order valence-corrected chi connectivity index (χ4v) is 5.11. The second-order valence-corrected chi connectivity index (χ2v) is 10.4. The van der Waals surface area contributed by atoms with E-state index in [9.17, 15) is 17.9 Å². The zero-order chi connectivity index (χ0) is 25.8. The first-order valence-electron chi connectivity index (χ1n) is 11.4. The number of carbonyl (C=O) groups is 1. The number of rotatable bonds is 4. The summed E-state index contributed by atoms with van der Waals surface area (Å²) in [5, 5.41) is 2.99. The lowest BCUT2D eigenvalue weighted by molar-refractivity contribution is -0.136. The van der Waals surface area contributed by atoms with Crippen molar-refractivity contribution in [1.29, 1.82) is 0 Å². The molecule has 4 aromatic rings. The Hall–Kier alpha value is -3.28. The standard InChI is InChI=1S/C22H24FN3O3S.C3H4N2S.2H2/c1-15-14-24(17-6-8-18(9-7-17)30(28)29)12-13-25(15)22(27)16(2)26-11-10-19-20(23)4-3-5-21(19)26;4-3-5-1-2-6-3;;/h3-11,15-16H,12-14H2,1-2H3,(H,28,29);1-2H,(H2,4,5);2*1H/p-1/t15-,16-;;;/m0.../s1. The summed E-state index contributed by atoms with van der Waals surface area (Å²) in [6.07, 6.45) is 3.44. The molecule has 1 fully saturated rings. The first kappa shape index (κ1) is 25.8. The van der Waals surface area contributed by atoms with Crippen LogP contribution in [0.15, 0.2) is 71.2 Å². The number of carbonyl (C=O) groups excluding carboxylic acids is 1. The van der Waals surface area contributed by atoms with Gasteiger partial charge in [-0.1, -0.05) is 6.07 Å². The molecule has 1 aliphatic rings.